The average molecular weight is 636 g/mol. The normalized spacial score (nSPS) is 12.2. The lowest BCUT2D eigenvalue weighted by molar-refractivity contribution is -0.138. The molecule has 5 heterocycles. The Kier molecular flexibility index (Phi) is 9.26. The Morgan fingerprint density at radius 3 is 1.89 bits per heavy atom. The minimum Gasteiger partial charge on any atom is -0.481 e. The molecule has 10 nitrogen and oxygen atoms in total. The van der Waals surface area contributed by atoms with E-state index in [2.05, 4.69) is 33.1 Å². The molecule has 8 bridgehead atoms. The van der Waals surface area contributed by atoms with Gasteiger partial charge in [0.2, 0.25) is 0 Å². The third kappa shape index (κ3) is 6.12. The van der Waals surface area contributed by atoms with Crippen molar-refractivity contribution in [3.63, 3.8) is 0 Å². The summed E-state index contributed by atoms with van der Waals surface area (Å²) in [5, 5.41) is 22.0. The van der Waals surface area contributed by atoms with E-state index in [1.807, 2.05) is 45.9 Å². The lowest BCUT2D eigenvalue weighted by atomic mass is 9.98. The fourth-order valence-corrected chi connectivity index (χ4v) is 6.58. The Hall–Kier alpha value is -5.35. The molecule has 0 fully saturated rings. The van der Waals surface area contributed by atoms with E-state index >= 15 is 0 Å². The van der Waals surface area contributed by atoms with Gasteiger partial charge in [-0.3, -0.25) is 14.4 Å². The van der Waals surface area contributed by atoms with Crippen molar-refractivity contribution in [3.8, 4) is 0 Å². The number of nitrogens with one attached hydrogen (secondary N) is 4. The number of aromatic amines is 4. The molecule has 47 heavy (non-hydrogen) atoms. The highest BCUT2D eigenvalue weighted by molar-refractivity contribution is 6.20. The van der Waals surface area contributed by atoms with Gasteiger partial charge >= 0.3 is 11.9 Å². The van der Waals surface area contributed by atoms with Crippen molar-refractivity contribution in [2.24, 2.45) is 5.73 Å². The van der Waals surface area contributed by atoms with Gasteiger partial charge in [-0.05, 0) is 98.7 Å². The van der Waals surface area contributed by atoms with Gasteiger partial charge in [0, 0.05) is 63.5 Å². The first-order valence-corrected chi connectivity index (χ1v) is 15.6. The largest absolute Gasteiger partial charge is 0.481 e. The Labute approximate surface area is 271 Å². The van der Waals surface area contributed by atoms with Crippen LogP contribution in [0.5, 0.6) is 0 Å². The summed E-state index contributed by atoms with van der Waals surface area (Å²) >= 11 is 0. The fourth-order valence-electron chi connectivity index (χ4n) is 6.58. The Bertz CT molecular complexity index is 2220. The minimum absolute atomic E-state index is 0.0554. The molecule has 0 saturated heterocycles. The van der Waals surface area contributed by atoms with Gasteiger partial charge in [-0.2, -0.15) is 0 Å². The molecule has 0 amide bonds. The van der Waals surface area contributed by atoms with Crippen LogP contribution in [0.4, 0.5) is 0 Å². The quantitative estimate of drug-likeness (QED) is 0.133. The Balaban J connectivity index is 2.00. The predicted molar refractivity (Wildman–Crippen MR) is 185 cm³/mol. The molecule has 0 radical (unpaired) electrons. The van der Waals surface area contributed by atoms with Crippen LogP contribution < -0.4 is 27.1 Å². The van der Waals surface area contributed by atoms with Crippen molar-refractivity contribution in [1.29, 1.82) is 0 Å². The van der Waals surface area contributed by atoms with E-state index in [1.165, 1.54) is 0 Å². The van der Waals surface area contributed by atoms with Crippen LogP contribution >= 0.6 is 0 Å². The maximum Gasteiger partial charge on any atom is 0.303 e. The number of fused-ring (bicyclic) bond motifs is 8. The van der Waals surface area contributed by atoms with Crippen LogP contribution in [0, 0.1) is 27.7 Å². The van der Waals surface area contributed by atoms with Crippen LogP contribution in [0.3, 0.4) is 0 Å². The summed E-state index contributed by atoms with van der Waals surface area (Å²) in [5.41, 5.74) is 16.1. The topological polar surface area (TPSA) is 181 Å². The van der Waals surface area contributed by atoms with E-state index in [0.717, 1.165) is 77.6 Å². The van der Waals surface area contributed by atoms with Gasteiger partial charge in [0.05, 0.1) is 16.6 Å². The maximum atomic E-state index is 13.9. The number of carbonyl (C=O) groups excluding carboxylic acids is 1. The average Bonchev–Trinajstić information content (AvgIpc) is 3.68. The first-order chi connectivity index (χ1) is 22.4. The minimum atomic E-state index is -0.904. The summed E-state index contributed by atoms with van der Waals surface area (Å²) in [6.07, 6.45) is 9.96. The summed E-state index contributed by atoms with van der Waals surface area (Å²) < 4.78 is 0. The van der Waals surface area contributed by atoms with E-state index in [9.17, 15) is 24.6 Å². The number of aromatic nitrogens is 4. The molecule has 0 unspecified atom stereocenters. The third-order valence-corrected chi connectivity index (χ3v) is 9.17. The van der Waals surface area contributed by atoms with Gasteiger partial charge in [-0.25, -0.2) is 0 Å². The highest BCUT2D eigenvalue weighted by Gasteiger charge is 2.23. The van der Waals surface area contributed by atoms with Gasteiger partial charge in [-0.15, -0.1) is 0 Å². The standard InChI is InChI=1S/C37H41N5O5/c1-7-22-21(6)36-35(32(43)13-14-38)37-23(8-2)18(3)28(41-37)15-26-19(4)24(9-11-33(44)45)30(39-26)17-31-25(10-12-34(46)47)20(5)27(40-31)16-29(22)42-36/h7-8,15-17,39-42H,1-2,9-14,38H2,3-6H3,(H,44,45)(H,46,47). The third-order valence-electron chi connectivity index (χ3n) is 9.17. The highest BCUT2D eigenvalue weighted by Crippen LogP contribution is 2.27. The summed E-state index contributed by atoms with van der Waals surface area (Å²) in [7, 11) is 0. The summed E-state index contributed by atoms with van der Waals surface area (Å²) in [6, 6.07) is 0. The number of hydrogen-bond donors (Lipinski definition) is 7. The predicted octanol–water partition coefficient (Wildman–Crippen LogP) is 2.47. The van der Waals surface area contributed by atoms with E-state index in [0.29, 0.717) is 29.5 Å². The summed E-state index contributed by atoms with van der Waals surface area (Å²) in [6.45, 7) is 16.1. The van der Waals surface area contributed by atoms with Crippen molar-refractivity contribution in [2.45, 2.75) is 59.8 Å². The number of aliphatic carboxylic acids is 2. The van der Waals surface area contributed by atoms with Crippen LogP contribution in [0.25, 0.3) is 36.0 Å². The molecular formula is C37H41N5O5. The van der Waals surface area contributed by atoms with Crippen molar-refractivity contribution in [1.82, 2.24) is 19.9 Å². The zero-order chi connectivity index (χ0) is 34.2. The molecule has 0 saturated carbocycles. The smallest absolute Gasteiger partial charge is 0.303 e. The fraction of sp³-hybridized carbons (Fsp3) is 0.270. The molecule has 4 aromatic heterocycles. The number of H-pyrrole nitrogens is 4. The van der Waals surface area contributed by atoms with Crippen molar-refractivity contribution in [3.05, 3.63) is 102 Å². The second-order valence-electron chi connectivity index (χ2n) is 12.0. The monoisotopic (exact) mass is 635 g/mol. The van der Waals surface area contributed by atoms with Crippen LogP contribution in [0.1, 0.15) is 86.5 Å². The van der Waals surface area contributed by atoms with E-state index in [1.54, 1.807) is 12.2 Å². The molecule has 244 valence electrons. The zero-order valence-corrected chi connectivity index (χ0v) is 27.2. The zero-order valence-electron chi connectivity index (χ0n) is 27.2. The van der Waals surface area contributed by atoms with Crippen molar-refractivity contribution in [2.75, 3.05) is 6.54 Å². The molecule has 8 N–H and O–H groups in total. The van der Waals surface area contributed by atoms with Crippen LogP contribution in [0.2, 0.25) is 0 Å². The van der Waals surface area contributed by atoms with E-state index in [4.69, 9.17) is 5.73 Å². The molecule has 5 rings (SSSR count). The van der Waals surface area contributed by atoms with Crippen LogP contribution in [0.15, 0.2) is 13.2 Å². The number of carbonyl (C=O) groups is 3. The number of carboxylic acids is 2. The van der Waals surface area contributed by atoms with E-state index in [-0.39, 0.29) is 31.6 Å². The second-order valence-corrected chi connectivity index (χ2v) is 12.0. The van der Waals surface area contributed by atoms with Crippen LogP contribution in [-0.4, -0.2) is 54.4 Å². The Morgan fingerprint density at radius 1 is 0.681 bits per heavy atom. The number of carboxylic acid groups (broad SMARTS) is 2. The van der Waals surface area contributed by atoms with E-state index < -0.39 is 11.9 Å². The molecule has 1 aliphatic heterocycles. The van der Waals surface area contributed by atoms with Gasteiger partial charge in [0.25, 0.3) is 0 Å². The first-order valence-electron chi connectivity index (χ1n) is 15.6. The lowest BCUT2D eigenvalue weighted by Crippen LogP contribution is -2.23. The summed E-state index contributed by atoms with van der Waals surface area (Å²) in [4.78, 5) is 51.2. The van der Waals surface area contributed by atoms with Crippen molar-refractivity contribution >= 4 is 53.7 Å². The van der Waals surface area contributed by atoms with Gasteiger partial charge in [0.1, 0.15) is 0 Å². The van der Waals surface area contributed by atoms with Gasteiger partial charge in [0.15, 0.2) is 5.78 Å². The summed E-state index contributed by atoms with van der Waals surface area (Å²) in [5.74, 6) is -1.94. The number of hydrogen-bond acceptors (Lipinski definition) is 4. The SMILES string of the molecule is C=Cc1c2[nH]c(c1C)C(C(=O)CCN)=c1[nH]c(c(C)c1C=C)=Cc1[nH]c(c(CCC(=O)O)c1C)C=c1[nH]c(c(C)c1CCC(=O)O)=C2. The molecule has 4 aromatic rings. The molecular weight excluding hydrogens is 594 g/mol. The molecule has 0 atom stereocenters. The van der Waals surface area contributed by atoms with Gasteiger partial charge in [-0.1, -0.05) is 25.3 Å². The number of rotatable bonds is 11. The Morgan fingerprint density at radius 2 is 1.28 bits per heavy atom. The molecule has 10 heteroatoms. The first kappa shape index (κ1) is 33.0. The molecule has 1 aliphatic rings. The molecule has 0 aromatic carbocycles. The number of Topliss-reactive ketones (excluding diaryl/α,β-unsaturated/α-hetero) is 1. The highest BCUT2D eigenvalue weighted by atomic mass is 16.4. The number of ketones is 1. The van der Waals surface area contributed by atoms with Crippen molar-refractivity contribution < 1.29 is 24.6 Å². The second kappa shape index (κ2) is 13.2. The van der Waals surface area contributed by atoms with Gasteiger partial charge < -0.3 is 35.9 Å². The molecule has 0 aliphatic carbocycles. The molecule has 0 spiro atoms. The van der Waals surface area contributed by atoms with Crippen LogP contribution in [-0.2, 0) is 27.2 Å². The maximum absolute atomic E-state index is 13.9. The number of nitrogens with two attached hydrogens (primary N) is 1. The lowest BCUT2D eigenvalue weighted by Gasteiger charge is -2.07.